The average Bonchev–Trinajstić information content (AvgIpc) is 3.62. The first-order chi connectivity index (χ1) is 17.9. The first kappa shape index (κ1) is 23.5. The monoisotopic (exact) mass is 507 g/mol. The number of rotatable bonds is 7. The van der Waals surface area contributed by atoms with Gasteiger partial charge in [-0.1, -0.05) is 0 Å². The Morgan fingerprint density at radius 1 is 1.14 bits per heavy atom. The number of hydrogen-bond acceptors (Lipinski definition) is 10. The average molecular weight is 508 g/mol. The molecular formula is C25H25N5O7. The first-order valence-corrected chi connectivity index (χ1v) is 12.1. The lowest BCUT2D eigenvalue weighted by molar-refractivity contribution is -0.122. The molecule has 1 amide bonds. The number of primary amides is 1. The lowest BCUT2D eigenvalue weighted by atomic mass is 10.0. The molecule has 37 heavy (non-hydrogen) atoms. The normalized spacial score (nSPS) is 18.0. The zero-order valence-corrected chi connectivity index (χ0v) is 19.9. The van der Waals surface area contributed by atoms with Crippen molar-refractivity contribution in [1.82, 2.24) is 19.4 Å². The van der Waals surface area contributed by atoms with Crippen molar-refractivity contribution in [3.8, 4) is 23.0 Å². The molecule has 1 saturated heterocycles. The number of carbonyl (C=O) groups is 2. The molecule has 0 aromatic carbocycles. The summed E-state index contributed by atoms with van der Waals surface area (Å²) in [6.07, 6.45) is 2.09. The first-order valence-electron chi connectivity index (χ1n) is 12.1. The minimum absolute atomic E-state index is 0.0125. The van der Waals surface area contributed by atoms with Gasteiger partial charge < -0.3 is 30.0 Å². The van der Waals surface area contributed by atoms with Crippen molar-refractivity contribution in [3.63, 3.8) is 0 Å². The molecule has 1 fully saturated rings. The van der Waals surface area contributed by atoms with Gasteiger partial charge in [0.1, 0.15) is 11.2 Å². The van der Waals surface area contributed by atoms with Gasteiger partial charge in [0.05, 0.1) is 41.8 Å². The molecule has 3 aromatic heterocycles. The summed E-state index contributed by atoms with van der Waals surface area (Å²) in [7, 11) is 0. The van der Waals surface area contributed by atoms with Crippen molar-refractivity contribution in [2.45, 2.75) is 45.1 Å². The van der Waals surface area contributed by atoms with E-state index in [0.29, 0.717) is 42.1 Å². The molecule has 12 heteroatoms. The predicted molar refractivity (Wildman–Crippen MR) is 129 cm³/mol. The van der Waals surface area contributed by atoms with Gasteiger partial charge in [-0.25, -0.2) is 9.97 Å². The highest BCUT2D eigenvalue weighted by Gasteiger charge is 2.37. The zero-order chi connectivity index (χ0) is 25.8. The third-order valence-electron chi connectivity index (χ3n) is 7.31. The largest absolute Gasteiger partial charge is 0.452 e. The Labute approximate surface area is 210 Å². The smallest absolute Gasteiger partial charge is 0.277 e. The van der Waals surface area contributed by atoms with Crippen LogP contribution in [-0.4, -0.2) is 67.3 Å². The number of pyridine rings is 3. The van der Waals surface area contributed by atoms with Crippen LogP contribution >= 0.6 is 0 Å². The number of likely N-dealkylation sites (tertiary alicyclic amines) is 1. The maximum Gasteiger partial charge on any atom is 0.277 e. The minimum Gasteiger partial charge on any atom is -0.452 e. The number of ketones is 1. The Hall–Kier alpha value is -3.87. The number of amides is 1. The van der Waals surface area contributed by atoms with Crippen molar-refractivity contribution in [2.75, 3.05) is 19.9 Å². The third kappa shape index (κ3) is 3.59. The number of nitrogens with two attached hydrogens (primary N) is 1. The molecule has 2 aliphatic heterocycles. The van der Waals surface area contributed by atoms with Crippen molar-refractivity contribution in [1.29, 1.82) is 0 Å². The molecule has 6 rings (SSSR count). The van der Waals surface area contributed by atoms with E-state index in [1.807, 2.05) is 4.90 Å². The number of aromatic nitrogens is 3. The van der Waals surface area contributed by atoms with Crippen LogP contribution in [0.25, 0.3) is 22.3 Å². The predicted octanol–water partition coefficient (Wildman–Crippen LogP) is 0.0560. The van der Waals surface area contributed by atoms with Gasteiger partial charge in [0, 0.05) is 24.0 Å². The van der Waals surface area contributed by atoms with E-state index in [1.54, 1.807) is 6.07 Å². The summed E-state index contributed by atoms with van der Waals surface area (Å²) in [6.45, 7) is 0.629. The van der Waals surface area contributed by atoms with Gasteiger partial charge in [0.2, 0.25) is 12.7 Å². The minimum atomic E-state index is -0.469. The van der Waals surface area contributed by atoms with Crippen LogP contribution in [0.3, 0.4) is 0 Å². The fraction of sp³-hybridized carbons (Fsp3) is 0.400. The van der Waals surface area contributed by atoms with Crippen molar-refractivity contribution < 1.29 is 29.3 Å². The second kappa shape index (κ2) is 8.91. The van der Waals surface area contributed by atoms with E-state index in [1.165, 1.54) is 10.6 Å². The van der Waals surface area contributed by atoms with Crippen LogP contribution in [0.4, 0.5) is 0 Å². The highest BCUT2D eigenvalue weighted by Crippen LogP contribution is 2.43. The number of fused-ring (bicyclic) bond motifs is 6. The fourth-order valence-electron chi connectivity index (χ4n) is 5.57. The van der Waals surface area contributed by atoms with Gasteiger partial charge in [-0.15, -0.1) is 0 Å². The molecule has 4 N–H and O–H groups in total. The highest BCUT2D eigenvalue weighted by atomic mass is 16.7. The summed E-state index contributed by atoms with van der Waals surface area (Å²) in [5.41, 5.74) is 6.83. The van der Waals surface area contributed by atoms with E-state index in [0.717, 1.165) is 13.0 Å². The number of ether oxygens (including phenoxy) is 2. The summed E-state index contributed by atoms with van der Waals surface area (Å²) >= 11 is 0. The second-order valence-electron chi connectivity index (χ2n) is 9.36. The molecule has 5 heterocycles. The van der Waals surface area contributed by atoms with Crippen LogP contribution in [0.5, 0.6) is 11.6 Å². The summed E-state index contributed by atoms with van der Waals surface area (Å²) in [5, 5.41) is 19.9. The van der Waals surface area contributed by atoms with Gasteiger partial charge in [-0.3, -0.25) is 19.3 Å². The molecule has 3 aromatic rings. The Morgan fingerprint density at radius 2 is 1.97 bits per heavy atom. The Balaban J connectivity index is 1.50. The third-order valence-corrected chi connectivity index (χ3v) is 7.31. The molecule has 3 aliphatic rings. The van der Waals surface area contributed by atoms with E-state index in [4.69, 9.17) is 15.2 Å². The Bertz CT molecular complexity index is 1530. The SMILES string of the molecule is NC(=O)[C@@H]1CCCN1CCCn1c2c(c3cc(CO)c(CO)nc3c1=O)C(=O)c1cc3c(nc1-2)OCO3. The van der Waals surface area contributed by atoms with Gasteiger partial charge in [-0.05, 0) is 37.9 Å². The summed E-state index contributed by atoms with van der Waals surface area (Å²) in [5.74, 6) is -0.113. The lowest BCUT2D eigenvalue weighted by Crippen LogP contribution is -2.41. The van der Waals surface area contributed by atoms with E-state index >= 15 is 0 Å². The molecule has 0 saturated carbocycles. The molecular weight excluding hydrogens is 482 g/mol. The van der Waals surface area contributed by atoms with Gasteiger partial charge in [0.15, 0.2) is 11.5 Å². The Kier molecular flexibility index (Phi) is 5.66. The van der Waals surface area contributed by atoms with E-state index in [2.05, 4.69) is 9.97 Å². The molecule has 1 aliphatic carbocycles. The second-order valence-corrected chi connectivity index (χ2v) is 9.36. The number of hydrogen-bond donors (Lipinski definition) is 3. The van der Waals surface area contributed by atoms with Crippen molar-refractivity contribution in [2.24, 2.45) is 5.73 Å². The molecule has 0 unspecified atom stereocenters. The summed E-state index contributed by atoms with van der Waals surface area (Å²) in [6, 6.07) is 2.77. The van der Waals surface area contributed by atoms with Crippen LogP contribution in [0.1, 0.15) is 46.4 Å². The van der Waals surface area contributed by atoms with Gasteiger partial charge >= 0.3 is 0 Å². The molecule has 0 radical (unpaired) electrons. The standard InChI is InChI=1S/C25H25N5O7/c26-23(34)16-3-1-4-29(16)5-2-6-30-21-18(13-7-12(9-31)15(10-32)27-20(13)25(30)35)22(33)14-8-17-24(28-19(14)21)37-11-36-17/h7-8,16,31-32H,1-6,9-11H2,(H2,26,34)/t16-/m0/s1. The van der Waals surface area contributed by atoms with Crippen LogP contribution in [-0.2, 0) is 24.6 Å². The maximum atomic E-state index is 13.8. The van der Waals surface area contributed by atoms with Crippen molar-refractivity contribution in [3.05, 3.63) is 44.9 Å². The number of aliphatic hydroxyl groups excluding tert-OH is 2. The van der Waals surface area contributed by atoms with Crippen LogP contribution < -0.4 is 20.8 Å². The summed E-state index contributed by atoms with van der Waals surface area (Å²) < 4.78 is 12.3. The molecule has 12 nitrogen and oxygen atoms in total. The summed E-state index contributed by atoms with van der Waals surface area (Å²) in [4.78, 5) is 50.1. The highest BCUT2D eigenvalue weighted by molar-refractivity contribution is 6.26. The fourth-order valence-corrected chi connectivity index (χ4v) is 5.57. The van der Waals surface area contributed by atoms with Gasteiger partial charge in [0.25, 0.3) is 11.4 Å². The zero-order valence-electron chi connectivity index (χ0n) is 19.9. The van der Waals surface area contributed by atoms with Crippen molar-refractivity contribution >= 4 is 22.6 Å². The maximum absolute atomic E-state index is 13.8. The molecule has 0 bridgehead atoms. The molecule has 1 atom stereocenters. The quantitative estimate of drug-likeness (QED) is 0.311. The number of carbonyl (C=O) groups excluding carboxylic acids is 2. The van der Waals surface area contributed by atoms with E-state index < -0.39 is 18.8 Å². The lowest BCUT2D eigenvalue weighted by Gasteiger charge is -2.22. The van der Waals surface area contributed by atoms with Crippen LogP contribution in [0.2, 0.25) is 0 Å². The Morgan fingerprint density at radius 3 is 2.73 bits per heavy atom. The van der Waals surface area contributed by atoms with Gasteiger partial charge in [-0.2, -0.15) is 0 Å². The van der Waals surface area contributed by atoms with E-state index in [9.17, 15) is 24.6 Å². The number of aliphatic hydroxyl groups is 2. The van der Waals surface area contributed by atoms with Crippen LogP contribution in [0, 0.1) is 0 Å². The number of nitrogens with zero attached hydrogens (tertiary/aromatic N) is 4. The molecule has 0 spiro atoms. The van der Waals surface area contributed by atoms with Crippen LogP contribution in [0.15, 0.2) is 16.9 Å². The topological polar surface area (TPSA) is 170 Å². The molecule has 192 valence electrons. The van der Waals surface area contributed by atoms with E-state index in [-0.39, 0.29) is 64.7 Å².